The van der Waals surface area contributed by atoms with Gasteiger partial charge in [-0.1, -0.05) is 0 Å². The normalized spacial score (nSPS) is 10.2. The lowest BCUT2D eigenvalue weighted by molar-refractivity contribution is 0.101. The standard InChI is InChI=1S/C10H13NO2/c1-5-6(2)10(8(4)13)11-9(5)7(3)12/h11H,1-4H3. The molecule has 0 saturated carbocycles. The molecule has 1 rings (SSSR count). The third-order valence-corrected chi connectivity index (χ3v) is 2.27. The number of Topliss-reactive ketones (excluding diaryl/α,β-unsaturated/α-hetero) is 2. The molecular weight excluding hydrogens is 166 g/mol. The van der Waals surface area contributed by atoms with E-state index in [-0.39, 0.29) is 11.6 Å². The van der Waals surface area contributed by atoms with Gasteiger partial charge in [-0.2, -0.15) is 0 Å². The topological polar surface area (TPSA) is 49.9 Å². The number of carbonyl (C=O) groups excluding carboxylic acids is 2. The van der Waals surface area contributed by atoms with Gasteiger partial charge in [0.1, 0.15) is 0 Å². The van der Waals surface area contributed by atoms with E-state index in [1.165, 1.54) is 13.8 Å². The Labute approximate surface area is 77.2 Å². The zero-order valence-electron chi connectivity index (χ0n) is 8.32. The molecule has 13 heavy (non-hydrogen) atoms. The molecule has 70 valence electrons. The van der Waals surface area contributed by atoms with Crippen LogP contribution in [0.3, 0.4) is 0 Å². The Morgan fingerprint density at radius 3 is 1.38 bits per heavy atom. The molecule has 0 unspecified atom stereocenters. The number of carbonyl (C=O) groups is 2. The van der Waals surface area contributed by atoms with Gasteiger partial charge in [0.2, 0.25) is 0 Å². The fraction of sp³-hybridized carbons (Fsp3) is 0.400. The van der Waals surface area contributed by atoms with Gasteiger partial charge >= 0.3 is 0 Å². The van der Waals surface area contributed by atoms with Crippen LogP contribution in [-0.2, 0) is 0 Å². The highest BCUT2D eigenvalue weighted by Gasteiger charge is 2.15. The molecule has 0 saturated heterocycles. The Balaban J connectivity index is 3.36. The van der Waals surface area contributed by atoms with Gasteiger partial charge in [0.15, 0.2) is 11.6 Å². The summed E-state index contributed by atoms with van der Waals surface area (Å²) in [6.07, 6.45) is 0. The Kier molecular flexibility index (Phi) is 2.36. The second kappa shape index (κ2) is 3.17. The fourth-order valence-corrected chi connectivity index (χ4v) is 1.39. The minimum Gasteiger partial charge on any atom is -0.349 e. The van der Waals surface area contributed by atoms with E-state index >= 15 is 0 Å². The predicted octanol–water partition coefficient (Wildman–Crippen LogP) is 2.04. The van der Waals surface area contributed by atoms with Crippen LogP contribution in [0.2, 0.25) is 0 Å². The van der Waals surface area contributed by atoms with Crippen molar-refractivity contribution in [2.24, 2.45) is 0 Å². The van der Waals surface area contributed by atoms with Crippen molar-refractivity contribution in [2.75, 3.05) is 0 Å². The minimum absolute atomic E-state index is 0.0342. The molecule has 1 N–H and O–H groups in total. The molecule has 1 aromatic rings. The first-order valence-corrected chi connectivity index (χ1v) is 4.16. The third-order valence-electron chi connectivity index (χ3n) is 2.27. The molecule has 0 amide bonds. The molecule has 1 aromatic heterocycles. The van der Waals surface area contributed by atoms with Crippen molar-refractivity contribution in [3.05, 3.63) is 22.5 Å². The monoisotopic (exact) mass is 179 g/mol. The molecule has 0 aliphatic rings. The lowest BCUT2D eigenvalue weighted by Crippen LogP contribution is -1.97. The summed E-state index contributed by atoms with van der Waals surface area (Å²) in [4.78, 5) is 25.1. The van der Waals surface area contributed by atoms with Gasteiger partial charge in [-0.3, -0.25) is 9.59 Å². The van der Waals surface area contributed by atoms with E-state index in [1.807, 2.05) is 13.8 Å². The van der Waals surface area contributed by atoms with Crippen LogP contribution in [-0.4, -0.2) is 16.6 Å². The molecule has 3 nitrogen and oxygen atoms in total. The largest absolute Gasteiger partial charge is 0.349 e. The minimum atomic E-state index is -0.0342. The Morgan fingerprint density at radius 1 is 0.923 bits per heavy atom. The number of aromatic nitrogens is 1. The number of H-pyrrole nitrogens is 1. The summed E-state index contributed by atoms with van der Waals surface area (Å²) in [5.41, 5.74) is 2.83. The molecule has 1 heterocycles. The summed E-state index contributed by atoms with van der Waals surface area (Å²) in [6, 6.07) is 0. The van der Waals surface area contributed by atoms with Crippen LogP contribution in [0.4, 0.5) is 0 Å². The predicted molar refractivity (Wildman–Crippen MR) is 50.3 cm³/mol. The lowest BCUT2D eigenvalue weighted by atomic mass is 10.1. The van der Waals surface area contributed by atoms with E-state index in [2.05, 4.69) is 4.98 Å². The number of hydrogen-bond acceptors (Lipinski definition) is 2. The lowest BCUT2D eigenvalue weighted by Gasteiger charge is -1.92. The van der Waals surface area contributed by atoms with Crippen molar-refractivity contribution in [1.29, 1.82) is 0 Å². The zero-order chi connectivity index (χ0) is 10.2. The van der Waals surface area contributed by atoms with E-state index < -0.39 is 0 Å². The van der Waals surface area contributed by atoms with Crippen molar-refractivity contribution in [3.8, 4) is 0 Å². The molecule has 0 aliphatic carbocycles. The zero-order valence-corrected chi connectivity index (χ0v) is 8.32. The molecule has 0 radical (unpaired) electrons. The van der Waals surface area contributed by atoms with E-state index in [0.717, 1.165) is 11.1 Å². The Hall–Kier alpha value is -1.38. The van der Waals surface area contributed by atoms with Crippen LogP contribution in [0.5, 0.6) is 0 Å². The second-order valence-corrected chi connectivity index (χ2v) is 3.24. The molecule has 0 atom stereocenters. The van der Waals surface area contributed by atoms with E-state index in [0.29, 0.717) is 11.4 Å². The first kappa shape index (κ1) is 9.71. The van der Waals surface area contributed by atoms with Crippen molar-refractivity contribution in [2.45, 2.75) is 27.7 Å². The second-order valence-electron chi connectivity index (χ2n) is 3.24. The molecule has 0 bridgehead atoms. The summed E-state index contributed by atoms with van der Waals surface area (Å²) in [7, 11) is 0. The summed E-state index contributed by atoms with van der Waals surface area (Å²) in [5.74, 6) is -0.0683. The average molecular weight is 179 g/mol. The highest BCUT2D eigenvalue weighted by molar-refractivity contribution is 5.99. The molecule has 0 spiro atoms. The Morgan fingerprint density at radius 2 is 1.23 bits per heavy atom. The van der Waals surface area contributed by atoms with Crippen LogP contribution in [0.15, 0.2) is 0 Å². The fourth-order valence-electron chi connectivity index (χ4n) is 1.39. The van der Waals surface area contributed by atoms with Crippen LogP contribution in [0, 0.1) is 13.8 Å². The van der Waals surface area contributed by atoms with Gasteiger partial charge in [-0.15, -0.1) is 0 Å². The van der Waals surface area contributed by atoms with E-state index in [9.17, 15) is 9.59 Å². The van der Waals surface area contributed by atoms with Crippen molar-refractivity contribution in [3.63, 3.8) is 0 Å². The van der Waals surface area contributed by atoms with Crippen LogP contribution >= 0.6 is 0 Å². The van der Waals surface area contributed by atoms with E-state index in [1.54, 1.807) is 0 Å². The molecule has 0 aromatic carbocycles. The summed E-state index contributed by atoms with van der Waals surface area (Å²) < 4.78 is 0. The summed E-state index contributed by atoms with van der Waals surface area (Å²) >= 11 is 0. The number of hydrogen-bond donors (Lipinski definition) is 1. The highest BCUT2D eigenvalue weighted by atomic mass is 16.1. The molecule has 0 aliphatic heterocycles. The van der Waals surface area contributed by atoms with Crippen LogP contribution in [0.25, 0.3) is 0 Å². The van der Waals surface area contributed by atoms with Gasteiger partial charge in [0.25, 0.3) is 0 Å². The molecule has 0 fully saturated rings. The maximum atomic E-state index is 11.1. The summed E-state index contributed by atoms with van der Waals surface area (Å²) in [5, 5.41) is 0. The maximum Gasteiger partial charge on any atom is 0.176 e. The number of aromatic amines is 1. The summed E-state index contributed by atoms with van der Waals surface area (Å²) in [6.45, 7) is 6.66. The van der Waals surface area contributed by atoms with Gasteiger partial charge in [0, 0.05) is 13.8 Å². The van der Waals surface area contributed by atoms with Gasteiger partial charge in [-0.25, -0.2) is 0 Å². The third kappa shape index (κ3) is 1.54. The molecular formula is C10H13NO2. The number of rotatable bonds is 2. The Bertz CT molecular complexity index is 340. The highest BCUT2D eigenvalue weighted by Crippen LogP contribution is 2.17. The van der Waals surface area contributed by atoms with Crippen molar-refractivity contribution >= 4 is 11.6 Å². The maximum absolute atomic E-state index is 11.1. The van der Waals surface area contributed by atoms with Crippen molar-refractivity contribution in [1.82, 2.24) is 4.98 Å². The smallest absolute Gasteiger partial charge is 0.176 e. The number of nitrogens with one attached hydrogen (secondary N) is 1. The van der Waals surface area contributed by atoms with Crippen LogP contribution in [0.1, 0.15) is 46.0 Å². The quantitative estimate of drug-likeness (QED) is 0.706. The van der Waals surface area contributed by atoms with Gasteiger partial charge in [-0.05, 0) is 25.0 Å². The number of ketones is 2. The van der Waals surface area contributed by atoms with E-state index in [4.69, 9.17) is 0 Å². The van der Waals surface area contributed by atoms with Gasteiger partial charge < -0.3 is 4.98 Å². The first-order valence-electron chi connectivity index (χ1n) is 4.16. The molecule has 3 heteroatoms. The first-order chi connectivity index (χ1) is 5.95. The average Bonchev–Trinajstić information content (AvgIpc) is 2.29. The van der Waals surface area contributed by atoms with Gasteiger partial charge in [0.05, 0.1) is 11.4 Å². The van der Waals surface area contributed by atoms with Crippen molar-refractivity contribution < 1.29 is 9.59 Å². The SMILES string of the molecule is CC(=O)c1[nH]c(C(C)=O)c(C)c1C. The van der Waals surface area contributed by atoms with Crippen LogP contribution < -0.4 is 0 Å².